The Labute approximate surface area is 258 Å². The van der Waals surface area contributed by atoms with Crippen molar-refractivity contribution in [3.05, 3.63) is 75.9 Å². The first kappa shape index (κ1) is 30.9. The maximum Gasteiger partial charge on any atom is 0.255 e. The van der Waals surface area contributed by atoms with E-state index >= 15 is 0 Å². The van der Waals surface area contributed by atoms with Crippen molar-refractivity contribution in [3.63, 3.8) is 0 Å². The number of aromatic nitrogens is 1. The summed E-state index contributed by atoms with van der Waals surface area (Å²) < 4.78 is 0. The van der Waals surface area contributed by atoms with E-state index in [1.807, 2.05) is 51.4 Å². The van der Waals surface area contributed by atoms with Crippen molar-refractivity contribution in [1.82, 2.24) is 20.1 Å². The van der Waals surface area contributed by atoms with Crippen LogP contribution in [0.15, 0.2) is 48.0 Å². The quantitative estimate of drug-likeness (QED) is 0.379. The summed E-state index contributed by atoms with van der Waals surface area (Å²) in [6.07, 6.45) is 0.207. The van der Waals surface area contributed by atoms with Crippen LogP contribution in [0.5, 0.6) is 0 Å². The van der Waals surface area contributed by atoms with Gasteiger partial charge in [-0.1, -0.05) is 65.0 Å². The van der Waals surface area contributed by atoms with Crippen LogP contribution in [0.1, 0.15) is 73.8 Å². The molecule has 1 saturated heterocycles. The molecule has 3 amide bonds. The number of likely N-dealkylation sites (tertiary alicyclic amines) is 1. The number of carbonyl (C=O) groups excluding carboxylic acids is 3. The van der Waals surface area contributed by atoms with Crippen molar-refractivity contribution in [2.45, 2.75) is 85.7 Å². The van der Waals surface area contributed by atoms with Crippen molar-refractivity contribution in [3.8, 4) is 10.4 Å². The topological polar surface area (TPSA) is 103 Å². The molecule has 1 aromatic heterocycles. The Morgan fingerprint density at radius 1 is 1.14 bits per heavy atom. The number of hydrogen-bond acceptors (Lipinski definition) is 6. The number of rotatable bonds is 8. The second kappa shape index (κ2) is 12.2. The third kappa shape index (κ3) is 6.38. The molecule has 0 bridgehead atoms. The van der Waals surface area contributed by atoms with E-state index in [2.05, 4.69) is 42.3 Å². The Morgan fingerprint density at radius 2 is 1.88 bits per heavy atom. The second-order valence-electron chi connectivity index (χ2n) is 13.3. The molecule has 0 aliphatic carbocycles. The molecule has 3 atom stereocenters. The number of aliphatic hydroxyl groups is 1. The highest BCUT2D eigenvalue weighted by Gasteiger charge is 2.48. The summed E-state index contributed by atoms with van der Waals surface area (Å²) in [5, 5.41) is 13.7. The van der Waals surface area contributed by atoms with Crippen LogP contribution in [0.3, 0.4) is 0 Å². The number of nitrogens with zero attached hydrogens (tertiary/aromatic N) is 3. The Balaban J connectivity index is 1.35. The van der Waals surface area contributed by atoms with Gasteiger partial charge in [0, 0.05) is 31.6 Å². The van der Waals surface area contributed by atoms with Crippen LogP contribution in [0.4, 0.5) is 0 Å². The van der Waals surface area contributed by atoms with E-state index in [9.17, 15) is 19.5 Å². The molecule has 3 heterocycles. The zero-order chi connectivity index (χ0) is 31.1. The molecule has 1 unspecified atom stereocenters. The summed E-state index contributed by atoms with van der Waals surface area (Å²) in [4.78, 5) is 49.9. The van der Waals surface area contributed by atoms with Crippen LogP contribution in [-0.4, -0.2) is 62.3 Å². The van der Waals surface area contributed by atoms with Crippen molar-refractivity contribution in [2.75, 3.05) is 6.54 Å². The SMILES string of the molecule is Cc1ncsc1-c1ccc(CNC(=O)[C@@H]2C[C@@H](O)CN2C(=O)C(N2Cc3ccccc3C2=O)C(C)(C)C)c(CC(C)C)c1. The van der Waals surface area contributed by atoms with E-state index in [1.54, 1.807) is 22.3 Å². The highest BCUT2D eigenvalue weighted by atomic mass is 32.1. The van der Waals surface area contributed by atoms with E-state index in [0.717, 1.165) is 33.7 Å². The fourth-order valence-electron chi connectivity index (χ4n) is 6.37. The molecule has 0 radical (unpaired) electrons. The third-order valence-corrected chi connectivity index (χ3v) is 9.35. The zero-order valence-corrected chi connectivity index (χ0v) is 26.7. The number of fused-ring (bicyclic) bond motifs is 1. The maximum atomic E-state index is 14.2. The number of nitrogens with one attached hydrogen (secondary N) is 1. The Hall–Kier alpha value is -3.56. The standard InChI is InChI=1S/C34H42N4O4S/c1-20(2)13-25-14-22(29-21(3)36-19-43-29)11-12-23(25)16-35-31(40)28-15-26(39)18-37(28)33(42)30(34(4,5)6)38-17-24-9-7-8-10-27(24)32(38)41/h7-12,14,19-20,26,28,30,39H,13,15-18H2,1-6H3,(H,35,40)/t26-,28+,30?/m1/s1. The van der Waals surface area contributed by atoms with Gasteiger partial charge < -0.3 is 20.2 Å². The summed E-state index contributed by atoms with van der Waals surface area (Å²) in [6.45, 7) is 12.9. The van der Waals surface area contributed by atoms with Crippen LogP contribution in [0.2, 0.25) is 0 Å². The fourth-order valence-corrected chi connectivity index (χ4v) is 7.17. The Morgan fingerprint density at radius 3 is 2.53 bits per heavy atom. The van der Waals surface area contributed by atoms with Gasteiger partial charge in [-0.3, -0.25) is 14.4 Å². The molecule has 2 aromatic carbocycles. The minimum Gasteiger partial charge on any atom is -0.391 e. The van der Waals surface area contributed by atoms with Gasteiger partial charge in [-0.15, -0.1) is 11.3 Å². The minimum absolute atomic E-state index is 0.0555. The fraction of sp³-hybridized carbons (Fsp3) is 0.471. The third-order valence-electron chi connectivity index (χ3n) is 8.38. The Bertz CT molecular complexity index is 1520. The van der Waals surface area contributed by atoms with E-state index in [1.165, 1.54) is 10.5 Å². The van der Waals surface area contributed by atoms with Crippen LogP contribution < -0.4 is 5.32 Å². The van der Waals surface area contributed by atoms with Crippen LogP contribution >= 0.6 is 11.3 Å². The molecule has 0 spiro atoms. The minimum atomic E-state index is -0.819. The number of thiazole rings is 1. The first-order chi connectivity index (χ1) is 20.3. The average molecular weight is 603 g/mol. The molecule has 9 heteroatoms. The molecule has 43 heavy (non-hydrogen) atoms. The normalized spacial score (nSPS) is 19.2. The van der Waals surface area contributed by atoms with Gasteiger partial charge in [0.2, 0.25) is 11.8 Å². The first-order valence-electron chi connectivity index (χ1n) is 15.0. The summed E-state index contributed by atoms with van der Waals surface area (Å²) in [7, 11) is 0. The van der Waals surface area contributed by atoms with Crippen LogP contribution in [0.25, 0.3) is 10.4 Å². The van der Waals surface area contributed by atoms with Gasteiger partial charge in [0.15, 0.2) is 0 Å². The Kier molecular flexibility index (Phi) is 8.77. The predicted octanol–water partition coefficient (Wildman–Crippen LogP) is 4.97. The summed E-state index contributed by atoms with van der Waals surface area (Å²) in [5.74, 6) is -0.361. The van der Waals surface area contributed by atoms with E-state index < -0.39 is 23.6 Å². The van der Waals surface area contributed by atoms with E-state index in [4.69, 9.17) is 0 Å². The molecule has 0 saturated carbocycles. The number of amides is 3. The van der Waals surface area contributed by atoms with Crippen molar-refractivity contribution in [1.29, 1.82) is 0 Å². The van der Waals surface area contributed by atoms with Gasteiger partial charge in [0.1, 0.15) is 12.1 Å². The van der Waals surface area contributed by atoms with Crippen molar-refractivity contribution in [2.24, 2.45) is 11.3 Å². The number of aliphatic hydroxyl groups excluding tert-OH is 1. The second-order valence-corrected chi connectivity index (χ2v) is 14.2. The predicted molar refractivity (Wildman–Crippen MR) is 168 cm³/mol. The summed E-state index contributed by atoms with van der Waals surface area (Å²) in [6, 6.07) is 12.1. The van der Waals surface area contributed by atoms with E-state index in [0.29, 0.717) is 24.6 Å². The zero-order valence-electron chi connectivity index (χ0n) is 25.9. The largest absolute Gasteiger partial charge is 0.391 e. The number of β-amino-alcohol motifs (C(OH)–C–C–N with tert-alkyl or cyclic N) is 1. The lowest BCUT2D eigenvalue weighted by molar-refractivity contribution is -0.145. The van der Waals surface area contributed by atoms with Gasteiger partial charge in [-0.2, -0.15) is 0 Å². The molecule has 5 rings (SSSR count). The van der Waals surface area contributed by atoms with Crippen LogP contribution in [0, 0.1) is 18.3 Å². The van der Waals surface area contributed by atoms with Crippen molar-refractivity contribution >= 4 is 29.1 Å². The lowest BCUT2D eigenvalue weighted by atomic mass is 9.84. The molecule has 228 valence electrons. The molecule has 8 nitrogen and oxygen atoms in total. The molecular weight excluding hydrogens is 560 g/mol. The number of hydrogen-bond donors (Lipinski definition) is 2. The lowest BCUT2D eigenvalue weighted by Gasteiger charge is -2.40. The molecule has 2 aliphatic rings. The maximum absolute atomic E-state index is 14.2. The van der Waals surface area contributed by atoms with E-state index in [-0.39, 0.29) is 30.7 Å². The molecule has 3 aromatic rings. The van der Waals surface area contributed by atoms with Gasteiger partial charge >= 0.3 is 0 Å². The number of benzene rings is 2. The lowest BCUT2D eigenvalue weighted by Crippen LogP contribution is -2.57. The smallest absolute Gasteiger partial charge is 0.255 e. The molecular formula is C34H42N4O4S. The highest BCUT2D eigenvalue weighted by Crippen LogP contribution is 2.35. The first-order valence-corrected chi connectivity index (χ1v) is 15.9. The number of aryl methyl sites for hydroxylation is 1. The number of carbonyl (C=O) groups is 3. The highest BCUT2D eigenvalue weighted by molar-refractivity contribution is 7.13. The monoisotopic (exact) mass is 602 g/mol. The van der Waals surface area contributed by atoms with Gasteiger partial charge in [0.05, 0.1) is 22.2 Å². The van der Waals surface area contributed by atoms with Gasteiger partial charge in [-0.05, 0) is 59.1 Å². The summed E-state index contributed by atoms with van der Waals surface area (Å²) >= 11 is 1.62. The molecule has 1 fully saturated rings. The van der Waals surface area contributed by atoms with Gasteiger partial charge in [-0.25, -0.2) is 4.98 Å². The van der Waals surface area contributed by atoms with Crippen LogP contribution in [-0.2, 0) is 29.1 Å². The van der Waals surface area contributed by atoms with Crippen molar-refractivity contribution < 1.29 is 19.5 Å². The molecule has 2 aliphatic heterocycles. The molecule has 2 N–H and O–H groups in total. The average Bonchev–Trinajstić information content (AvgIpc) is 3.64. The summed E-state index contributed by atoms with van der Waals surface area (Å²) in [5.41, 5.74) is 7.07. The van der Waals surface area contributed by atoms with Gasteiger partial charge in [0.25, 0.3) is 5.91 Å².